The van der Waals surface area contributed by atoms with E-state index < -0.39 is 0 Å². The van der Waals surface area contributed by atoms with Gasteiger partial charge in [-0.3, -0.25) is 0 Å². The van der Waals surface area contributed by atoms with Crippen LogP contribution in [0, 0.1) is 6.07 Å². The van der Waals surface area contributed by atoms with Crippen molar-refractivity contribution in [1.29, 1.82) is 0 Å². The predicted molar refractivity (Wildman–Crippen MR) is 39.7 cm³/mol. The normalized spacial score (nSPS) is 9.67. The Balaban J connectivity index is 2.15. The molecular formula is C8H5N2O2. The fourth-order valence-electron chi connectivity index (χ4n) is 0.762. The summed E-state index contributed by atoms with van der Waals surface area (Å²) in [6.45, 7) is 0. The zero-order valence-electron chi connectivity index (χ0n) is 6.10. The van der Waals surface area contributed by atoms with Crippen molar-refractivity contribution in [1.82, 2.24) is 10.4 Å². The maximum absolute atomic E-state index is 5.22. The molecule has 0 bridgehead atoms. The van der Waals surface area contributed by atoms with Crippen LogP contribution in [-0.4, -0.2) is 10.4 Å². The van der Waals surface area contributed by atoms with Gasteiger partial charge in [-0.1, -0.05) is 17.2 Å². The van der Waals surface area contributed by atoms with Gasteiger partial charge in [-0.15, -0.1) is 0 Å². The van der Waals surface area contributed by atoms with Crippen LogP contribution in [0.4, 0.5) is 0 Å². The van der Waals surface area contributed by atoms with Gasteiger partial charge in [0.05, 0.1) is 0 Å². The Morgan fingerprint density at radius 3 is 3.17 bits per heavy atom. The van der Waals surface area contributed by atoms with Crippen LogP contribution in [0.3, 0.4) is 0 Å². The lowest BCUT2D eigenvalue weighted by Crippen LogP contribution is -1.82. The second-order valence-corrected chi connectivity index (χ2v) is 2.08. The molecule has 0 fully saturated rings. The average Bonchev–Trinajstić information content (AvgIpc) is 2.59. The lowest BCUT2D eigenvalue weighted by atomic mass is 10.3. The molecule has 0 saturated carbocycles. The minimum absolute atomic E-state index is 0.342. The van der Waals surface area contributed by atoms with Gasteiger partial charge in [-0.2, -0.15) is 0 Å². The first-order valence-corrected chi connectivity index (χ1v) is 3.36. The van der Waals surface area contributed by atoms with E-state index >= 15 is 0 Å². The van der Waals surface area contributed by atoms with E-state index in [-0.39, 0.29) is 0 Å². The van der Waals surface area contributed by atoms with Crippen molar-refractivity contribution >= 4 is 0 Å². The Kier molecular flexibility index (Phi) is 1.74. The first kappa shape index (κ1) is 6.84. The van der Waals surface area contributed by atoms with Crippen molar-refractivity contribution < 1.29 is 9.26 Å². The Morgan fingerprint density at radius 1 is 1.50 bits per heavy atom. The van der Waals surface area contributed by atoms with E-state index in [2.05, 4.69) is 21.0 Å². The van der Waals surface area contributed by atoms with Crippen LogP contribution in [-0.2, 0) is 0 Å². The van der Waals surface area contributed by atoms with Crippen molar-refractivity contribution in [2.75, 3.05) is 0 Å². The SMILES string of the molecule is [c]1cccc(Oc2conn2)c1. The average molecular weight is 161 g/mol. The van der Waals surface area contributed by atoms with Crippen molar-refractivity contribution in [3.8, 4) is 11.6 Å². The molecular weight excluding hydrogens is 156 g/mol. The molecule has 0 spiro atoms. The summed E-state index contributed by atoms with van der Waals surface area (Å²) in [4.78, 5) is 0. The van der Waals surface area contributed by atoms with Crippen LogP contribution in [0.1, 0.15) is 0 Å². The van der Waals surface area contributed by atoms with Crippen LogP contribution in [0.25, 0.3) is 0 Å². The van der Waals surface area contributed by atoms with E-state index in [9.17, 15) is 0 Å². The maximum atomic E-state index is 5.22. The topological polar surface area (TPSA) is 48.2 Å². The molecule has 0 N–H and O–H groups in total. The van der Waals surface area contributed by atoms with Gasteiger partial charge in [0.15, 0.2) is 6.26 Å². The highest BCUT2D eigenvalue weighted by Gasteiger charge is 1.98. The molecule has 59 valence electrons. The first-order chi connectivity index (χ1) is 5.95. The van der Waals surface area contributed by atoms with E-state index in [1.54, 1.807) is 18.2 Å². The number of nitrogens with zero attached hydrogens (tertiary/aromatic N) is 2. The molecule has 0 aliphatic carbocycles. The van der Waals surface area contributed by atoms with E-state index in [0.29, 0.717) is 11.6 Å². The third-order valence-electron chi connectivity index (χ3n) is 1.24. The van der Waals surface area contributed by atoms with Gasteiger partial charge in [0.2, 0.25) is 0 Å². The lowest BCUT2D eigenvalue weighted by molar-refractivity contribution is 0.392. The molecule has 4 heteroatoms. The Morgan fingerprint density at radius 2 is 2.50 bits per heavy atom. The second-order valence-electron chi connectivity index (χ2n) is 2.08. The van der Waals surface area contributed by atoms with Crippen molar-refractivity contribution in [2.45, 2.75) is 0 Å². The Bertz CT molecular complexity index is 331. The second kappa shape index (κ2) is 3.04. The van der Waals surface area contributed by atoms with Gasteiger partial charge in [0.25, 0.3) is 5.88 Å². The first-order valence-electron chi connectivity index (χ1n) is 3.36. The molecule has 0 unspecified atom stereocenters. The van der Waals surface area contributed by atoms with Gasteiger partial charge in [0.1, 0.15) is 5.75 Å². The molecule has 1 aromatic heterocycles. The summed E-state index contributed by atoms with van der Waals surface area (Å²) >= 11 is 0. The van der Waals surface area contributed by atoms with Gasteiger partial charge >= 0.3 is 0 Å². The number of ether oxygens (including phenoxy) is 1. The van der Waals surface area contributed by atoms with Crippen LogP contribution in [0.5, 0.6) is 11.6 Å². The monoisotopic (exact) mass is 161 g/mol. The molecule has 4 nitrogen and oxygen atoms in total. The van der Waals surface area contributed by atoms with Crippen LogP contribution in [0.2, 0.25) is 0 Å². The van der Waals surface area contributed by atoms with Crippen molar-refractivity contribution in [2.24, 2.45) is 0 Å². The number of hydrogen-bond donors (Lipinski definition) is 0. The van der Waals surface area contributed by atoms with Crippen LogP contribution < -0.4 is 4.74 Å². The summed E-state index contributed by atoms with van der Waals surface area (Å²) in [5.41, 5.74) is 0. The smallest absolute Gasteiger partial charge is 0.280 e. The fourth-order valence-corrected chi connectivity index (χ4v) is 0.762. The summed E-state index contributed by atoms with van der Waals surface area (Å²) in [5.74, 6) is 1.00. The Hall–Kier alpha value is -1.84. The van der Waals surface area contributed by atoms with E-state index in [4.69, 9.17) is 4.74 Å². The largest absolute Gasteiger partial charge is 0.435 e. The molecule has 0 saturated heterocycles. The van der Waals surface area contributed by atoms with Crippen molar-refractivity contribution in [3.05, 3.63) is 36.6 Å². The summed E-state index contributed by atoms with van der Waals surface area (Å²) < 4.78 is 9.71. The van der Waals surface area contributed by atoms with E-state index in [1.807, 2.05) is 6.07 Å². The van der Waals surface area contributed by atoms with Gasteiger partial charge in [-0.05, 0) is 18.2 Å². The molecule has 0 amide bonds. The van der Waals surface area contributed by atoms with Gasteiger partial charge in [-0.25, -0.2) is 0 Å². The molecule has 2 aromatic rings. The molecule has 2 rings (SSSR count). The third-order valence-corrected chi connectivity index (χ3v) is 1.24. The van der Waals surface area contributed by atoms with E-state index in [0.717, 1.165) is 0 Å². The van der Waals surface area contributed by atoms with Crippen molar-refractivity contribution in [3.63, 3.8) is 0 Å². The molecule has 12 heavy (non-hydrogen) atoms. The van der Waals surface area contributed by atoms with E-state index in [1.165, 1.54) is 6.26 Å². The highest BCUT2D eigenvalue weighted by atomic mass is 16.5. The number of benzene rings is 1. The highest BCUT2D eigenvalue weighted by Crippen LogP contribution is 2.16. The number of aromatic nitrogens is 2. The zero-order valence-corrected chi connectivity index (χ0v) is 6.10. The lowest BCUT2D eigenvalue weighted by Gasteiger charge is -1.97. The maximum Gasteiger partial charge on any atom is 0.280 e. The van der Waals surface area contributed by atoms with Gasteiger partial charge < -0.3 is 9.26 Å². The summed E-state index contributed by atoms with van der Waals surface area (Å²) in [7, 11) is 0. The summed E-state index contributed by atoms with van der Waals surface area (Å²) in [5, 5.41) is 6.82. The summed E-state index contributed by atoms with van der Waals surface area (Å²) in [6, 6.07) is 9.98. The Labute approximate surface area is 68.8 Å². The van der Waals surface area contributed by atoms with Crippen LogP contribution in [0.15, 0.2) is 35.1 Å². The number of hydrogen-bond acceptors (Lipinski definition) is 4. The molecule has 0 atom stereocenters. The predicted octanol–water partition coefficient (Wildman–Crippen LogP) is 1.66. The zero-order chi connectivity index (χ0) is 8.23. The minimum atomic E-state index is 0.342. The molecule has 1 radical (unpaired) electrons. The summed E-state index contributed by atoms with van der Waals surface area (Å²) in [6.07, 6.45) is 1.33. The molecule has 0 aliphatic heterocycles. The van der Waals surface area contributed by atoms with Crippen LogP contribution >= 0.6 is 0 Å². The fraction of sp³-hybridized carbons (Fsp3) is 0. The number of rotatable bonds is 2. The third kappa shape index (κ3) is 1.42. The standard InChI is InChI=1S/C8H5N2O2/c1-2-4-7(5-3-1)12-8-6-11-10-9-8/h1-2,4-6H. The molecule has 0 aliphatic rings. The highest BCUT2D eigenvalue weighted by molar-refractivity contribution is 5.23. The quantitative estimate of drug-likeness (QED) is 0.672. The minimum Gasteiger partial charge on any atom is -0.435 e. The molecule has 1 aromatic carbocycles. The molecule has 1 heterocycles. The van der Waals surface area contributed by atoms with Gasteiger partial charge in [0, 0.05) is 5.27 Å².